The summed E-state index contributed by atoms with van der Waals surface area (Å²) in [6, 6.07) is 19.5. The Kier molecular flexibility index (Phi) is 5.24. The first-order valence-electron chi connectivity index (χ1n) is 7.83. The fraction of sp³-hybridized carbons (Fsp3) is 0.200. The number of benzene rings is 2. The van der Waals surface area contributed by atoms with Crippen LogP contribution in [-0.2, 0) is 9.47 Å². The molecule has 3 rings (SSSR count). The van der Waals surface area contributed by atoms with Crippen LogP contribution in [0.2, 0.25) is 0 Å². The van der Waals surface area contributed by atoms with Crippen molar-refractivity contribution in [3.8, 4) is 23.1 Å². The minimum Gasteiger partial charge on any atom is -0.472 e. The van der Waals surface area contributed by atoms with Crippen molar-refractivity contribution in [3.05, 3.63) is 60.2 Å². The quantitative estimate of drug-likeness (QED) is 0.642. The first-order valence-corrected chi connectivity index (χ1v) is 7.83. The molecule has 0 fully saturated rings. The summed E-state index contributed by atoms with van der Waals surface area (Å²) in [5.74, 6) is 0.526. The Hall–Kier alpha value is -2.94. The van der Waals surface area contributed by atoms with Crippen LogP contribution in [0.1, 0.15) is 5.56 Å². The third-order valence-corrected chi connectivity index (χ3v) is 3.90. The van der Waals surface area contributed by atoms with Crippen molar-refractivity contribution in [2.24, 2.45) is 0 Å². The van der Waals surface area contributed by atoms with Gasteiger partial charge in [0, 0.05) is 25.7 Å². The summed E-state index contributed by atoms with van der Waals surface area (Å²) in [4.78, 5) is 4.50. The Labute approximate surface area is 146 Å². The maximum Gasteiger partial charge on any atom is 0.213 e. The van der Waals surface area contributed by atoms with Crippen molar-refractivity contribution in [1.29, 1.82) is 5.26 Å². The van der Waals surface area contributed by atoms with Crippen LogP contribution >= 0.6 is 0 Å². The van der Waals surface area contributed by atoms with Crippen LogP contribution in [0.25, 0.3) is 22.0 Å². The summed E-state index contributed by atoms with van der Waals surface area (Å²) in [7, 11) is 3.13. The van der Waals surface area contributed by atoms with Gasteiger partial charge < -0.3 is 14.2 Å². The maximum absolute atomic E-state index is 8.89. The summed E-state index contributed by atoms with van der Waals surface area (Å²) in [5, 5.41) is 9.91. The maximum atomic E-state index is 8.89. The van der Waals surface area contributed by atoms with Gasteiger partial charge in [0.25, 0.3) is 0 Å². The molecule has 0 amide bonds. The number of hydrogen-bond acceptors (Lipinski definition) is 5. The lowest BCUT2D eigenvalue weighted by atomic mass is 10.0. The van der Waals surface area contributed by atoms with Crippen LogP contribution in [-0.4, -0.2) is 32.1 Å². The number of ether oxygens (including phenoxy) is 3. The minimum atomic E-state index is -0.420. The van der Waals surface area contributed by atoms with Gasteiger partial charge in [0.05, 0.1) is 17.1 Å². The zero-order chi connectivity index (χ0) is 17.6. The number of methoxy groups -OCH3 is 2. The molecule has 0 atom stereocenters. The van der Waals surface area contributed by atoms with Gasteiger partial charge in [0.15, 0.2) is 6.29 Å². The summed E-state index contributed by atoms with van der Waals surface area (Å²) in [6.45, 7) is 0.273. The Morgan fingerprint density at radius 3 is 2.36 bits per heavy atom. The number of fused-ring (bicyclic) bond motifs is 1. The Bertz CT molecular complexity index is 897. The first-order chi connectivity index (χ1) is 12.2. The lowest BCUT2D eigenvalue weighted by molar-refractivity contribution is -0.122. The lowest BCUT2D eigenvalue weighted by Gasteiger charge is -2.14. The van der Waals surface area contributed by atoms with Gasteiger partial charge in [0.2, 0.25) is 5.88 Å². The second-order valence-electron chi connectivity index (χ2n) is 5.46. The van der Waals surface area contributed by atoms with Crippen molar-refractivity contribution in [3.63, 3.8) is 0 Å². The van der Waals surface area contributed by atoms with E-state index >= 15 is 0 Å². The van der Waals surface area contributed by atoms with Gasteiger partial charge in [-0.15, -0.1) is 0 Å². The number of aromatic nitrogens is 1. The molecule has 0 bridgehead atoms. The molecule has 5 heteroatoms. The van der Waals surface area contributed by atoms with E-state index in [1.807, 2.05) is 48.5 Å². The predicted molar refractivity (Wildman–Crippen MR) is 95.2 cm³/mol. The van der Waals surface area contributed by atoms with E-state index in [1.54, 1.807) is 14.2 Å². The molecule has 0 radical (unpaired) electrons. The van der Waals surface area contributed by atoms with E-state index in [0.29, 0.717) is 11.4 Å². The highest BCUT2D eigenvalue weighted by molar-refractivity contribution is 5.84. The van der Waals surface area contributed by atoms with E-state index in [2.05, 4.69) is 17.1 Å². The summed E-state index contributed by atoms with van der Waals surface area (Å²) >= 11 is 0. The summed E-state index contributed by atoms with van der Waals surface area (Å²) < 4.78 is 15.8. The molecule has 0 saturated heterocycles. The zero-order valence-electron chi connectivity index (χ0n) is 14.1. The van der Waals surface area contributed by atoms with Gasteiger partial charge in [-0.3, -0.25) is 0 Å². The second-order valence-corrected chi connectivity index (χ2v) is 5.46. The molecule has 3 aromatic rings. The van der Waals surface area contributed by atoms with Crippen LogP contribution < -0.4 is 4.74 Å². The highest BCUT2D eigenvalue weighted by Gasteiger charge is 2.08. The van der Waals surface area contributed by atoms with Crippen molar-refractivity contribution in [2.45, 2.75) is 6.29 Å². The molecule has 0 spiro atoms. The number of pyridine rings is 1. The van der Waals surface area contributed by atoms with Crippen molar-refractivity contribution >= 4 is 10.9 Å². The average molecular weight is 334 g/mol. The van der Waals surface area contributed by atoms with E-state index in [1.165, 1.54) is 0 Å². The predicted octanol–water partition coefficient (Wildman–Crippen LogP) is 3.77. The largest absolute Gasteiger partial charge is 0.472 e. The molecule has 1 heterocycles. The molecule has 126 valence electrons. The van der Waals surface area contributed by atoms with Crippen LogP contribution in [0.4, 0.5) is 0 Å². The van der Waals surface area contributed by atoms with Crippen molar-refractivity contribution in [2.75, 3.05) is 20.8 Å². The monoisotopic (exact) mass is 334 g/mol. The Morgan fingerprint density at radius 2 is 1.68 bits per heavy atom. The molecular weight excluding hydrogens is 316 g/mol. The molecule has 0 N–H and O–H groups in total. The van der Waals surface area contributed by atoms with Gasteiger partial charge in [-0.05, 0) is 41.5 Å². The molecule has 0 saturated carbocycles. The Morgan fingerprint density at radius 1 is 0.960 bits per heavy atom. The van der Waals surface area contributed by atoms with E-state index in [-0.39, 0.29) is 6.61 Å². The highest BCUT2D eigenvalue weighted by Crippen LogP contribution is 2.25. The number of nitrogens with zero attached hydrogens (tertiary/aromatic N) is 2. The normalized spacial score (nSPS) is 10.8. The molecule has 0 aliphatic rings. The van der Waals surface area contributed by atoms with Crippen molar-refractivity contribution < 1.29 is 14.2 Å². The minimum absolute atomic E-state index is 0.273. The highest BCUT2D eigenvalue weighted by atomic mass is 16.7. The van der Waals surface area contributed by atoms with Gasteiger partial charge in [-0.25, -0.2) is 4.98 Å². The SMILES string of the molecule is COC(COc1ccc2cc(-c3ccc(C#N)cc3)ccc2n1)OC. The zero-order valence-corrected chi connectivity index (χ0v) is 14.1. The van der Waals surface area contributed by atoms with Gasteiger partial charge in [0.1, 0.15) is 6.61 Å². The third-order valence-electron chi connectivity index (χ3n) is 3.90. The summed E-state index contributed by atoms with van der Waals surface area (Å²) in [6.07, 6.45) is -0.420. The molecule has 1 aromatic heterocycles. The second kappa shape index (κ2) is 7.75. The van der Waals surface area contributed by atoms with E-state index < -0.39 is 6.29 Å². The van der Waals surface area contributed by atoms with Gasteiger partial charge >= 0.3 is 0 Å². The van der Waals surface area contributed by atoms with Crippen LogP contribution in [0.5, 0.6) is 5.88 Å². The third kappa shape index (κ3) is 3.94. The van der Waals surface area contributed by atoms with Gasteiger partial charge in [-0.1, -0.05) is 18.2 Å². The van der Waals surface area contributed by atoms with Crippen LogP contribution in [0.3, 0.4) is 0 Å². The van der Waals surface area contributed by atoms with Gasteiger partial charge in [-0.2, -0.15) is 5.26 Å². The molecule has 0 unspecified atom stereocenters. The molecule has 25 heavy (non-hydrogen) atoms. The number of hydrogen-bond donors (Lipinski definition) is 0. The molecular formula is C20H18N2O3. The van der Waals surface area contributed by atoms with E-state index in [9.17, 15) is 0 Å². The topological polar surface area (TPSA) is 64.4 Å². The smallest absolute Gasteiger partial charge is 0.213 e. The van der Waals surface area contributed by atoms with E-state index in [4.69, 9.17) is 19.5 Å². The standard InChI is InChI=1S/C20H18N2O3/c1-23-20(24-2)13-25-19-10-8-17-11-16(7-9-18(17)22-19)15-5-3-14(12-21)4-6-15/h3-11,20H,13H2,1-2H3. The Balaban J connectivity index is 1.82. The fourth-order valence-corrected chi connectivity index (χ4v) is 2.49. The number of nitriles is 1. The molecule has 2 aromatic carbocycles. The van der Waals surface area contributed by atoms with E-state index in [0.717, 1.165) is 22.0 Å². The van der Waals surface area contributed by atoms with Crippen LogP contribution in [0, 0.1) is 11.3 Å². The average Bonchev–Trinajstić information content (AvgIpc) is 2.68. The van der Waals surface area contributed by atoms with Crippen molar-refractivity contribution in [1.82, 2.24) is 4.98 Å². The van der Waals surface area contributed by atoms with Crippen LogP contribution in [0.15, 0.2) is 54.6 Å². The summed E-state index contributed by atoms with van der Waals surface area (Å²) in [5.41, 5.74) is 3.63. The molecule has 5 nitrogen and oxygen atoms in total. The molecule has 0 aliphatic heterocycles. The molecule has 0 aliphatic carbocycles. The first kappa shape index (κ1) is 16.9. The lowest BCUT2D eigenvalue weighted by Crippen LogP contribution is -2.22. The number of rotatable bonds is 6. The fourth-order valence-electron chi connectivity index (χ4n) is 2.49.